The molecular weight excluding hydrogens is 430 g/mol. The van der Waals surface area contributed by atoms with Gasteiger partial charge >= 0.3 is 0 Å². The smallest absolute Gasteiger partial charge is 0.242 e. The fraction of sp³-hybridized carbons (Fsp3) is 0.478. The molecule has 0 radical (unpaired) electrons. The molecule has 172 valence electrons. The number of nitrogens with zero attached hydrogens (tertiary/aromatic N) is 2. The number of fused-ring (bicyclic) bond motifs is 1. The van der Waals surface area contributed by atoms with Crippen LogP contribution in [-0.4, -0.2) is 35.8 Å². The standard InChI is InChI=1S/C15H14N2OS.C6H13NO2S.2CH4/c1-10(2)18-15-14(13-8-5-9-19-13)16-11-6-3-4-7-12(11)17-15;1-5(2)7-10(8,9)6-3-4-6;;/h3-10H,1-2H3;5-7H,3-4H2,1-2H3;2*1H4. The maximum atomic E-state index is 11.1. The Balaban J connectivity index is 0.000000345. The number of hydrogen-bond acceptors (Lipinski definition) is 6. The van der Waals surface area contributed by atoms with E-state index in [1.54, 1.807) is 11.3 Å². The summed E-state index contributed by atoms with van der Waals surface area (Å²) in [5.74, 6) is 0.608. The number of nitrogens with one attached hydrogen (secondary N) is 1. The maximum absolute atomic E-state index is 11.1. The molecule has 1 N–H and O–H groups in total. The number of benzene rings is 1. The molecule has 8 heteroatoms. The van der Waals surface area contributed by atoms with Crippen molar-refractivity contribution in [2.45, 2.75) is 72.8 Å². The minimum absolute atomic E-state index is 0. The third-order valence-electron chi connectivity index (χ3n) is 4.00. The molecule has 0 atom stereocenters. The van der Waals surface area contributed by atoms with Crippen molar-refractivity contribution in [1.29, 1.82) is 0 Å². The molecule has 1 aliphatic rings. The molecule has 3 aromatic rings. The van der Waals surface area contributed by atoms with E-state index in [1.165, 1.54) is 0 Å². The Labute approximate surface area is 191 Å². The third-order valence-corrected chi connectivity index (χ3v) is 7.03. The normalized spacial score (nSPS) is 13.2. The van der Waals surface area contributed by atoms with Gasteiger partial charge in [0.1, 0.15) is 5.69 Å². The lowest BCUT2D eigenvalue weighted by Crippen LogP contribution is -2.32. The second kappa shape index (κ2) is 11.5. The van der Waals surface area contributed by atoms with Gasteiger partial charge in [-0.1, -0.05) is 33.1 Å². The van der Waals surface area contributed by atoms with E-state index in [4.69, 9.17) is 9.72 Å². The topological polar surface area (TPSA) is 81.2 Å². The molecule has 1 aliphatic carbocycles. The van der Waals surface area contributed by atoms with Crippen molar-refractivity contribution in [3.8, 4) is 16.5 Å². The molecule has 2 aromatic heterocycles. The van der Waals surface area contributed by atoms with E-state index >= 15 is 0 Å². The van der Waals surface area contributed by atoms with Crippen LogP contribution in [0.1, 0.15) is 55.4 Å². The van der Waals surface area contributed by atoms with Crippen LogP contribution in [0.25, 0.3) is 21.6 Å². The molecule has 4 rings (SSSR count). The average Bonchev–Trinajstić information content (AvgIpc) is 3.37. The van der Waals surface area contributed by atoms with Gasteiger partial charge in [-0.15, -0.1) is 11.3 Å². The number of hydrogen-bond donors (Lipinski definition) is 1. The third kappa shape index (κ3) is 7.55. The highest BCUT2D eigenvalue weighted by Gasteiger charge is 2.35. The van der Waals surface area contributed by atoms with Crippen LogP contribution < -0.4 is 9.46 Å². The van der Waals surface area contributed by atoms with Gasteiger partial charge in [0, 0.05) is 6.04 Å². The number of thiophene rings is 1. The highest BCUT2D eigenvalue weighted by atomic mass is 32.2. The monoisotopic (exact) mass is 465 g/mol. The van der Waals surface area contributed by atoms with Crippen molar-refractivity contribution >= 4 is 32.4 Å². The summed E-state index contributed by atoms with van der Waals surface area (Å²) in [6, 6.07) is 11.9. The van der Waals surface area contributed by atoms with Crippen LogP contribution in [0.3, 0.4) is 0 Å². The van der Waals surface area contributed by atoms with E-state index in [2.05, 4.69) is 9.71 Å². The van der Waals surface area contributed by atoms with Gasteiger partial charge < -0.3 is 4.74 Å². The molecule has 1 saturated carbocycles. The lowest BCUT2D eigenvalue weighted by Gasteiger charge is -2.12. The van der Waals surface area contributed by atoms with Gasteiger partial charge in [-0.3, -0.25) is 0 Å². The first-order chi connectivity index (χ1) is 13.8. The Morgan fingerprint density at radius 1 is 1.00 bits per heavy atom. The zero-order chi connectivity index (χ0) is 21.0. The van der Waals surface area contributed by atoms with Gasteiger partial charge in [-0.05, 0) is 64.1 Å². The number of sulfonamides is 1. The molecule has 0 bridgehead atoms. The van der Waals surface area contributed by atoms with Gasteiger partial charge in [-0.25, -0.2) is 23.1 Å². The molecule has 0 aliphatic heterocycles. The summed E-state index contributed by atoms with van der Waals surface area (Å²) in [5.41, 5.74) is 2.57. The van der Waals surface area contributed by atoms with E-state index in [0.717, 1.165) is 34.4 Å². The molecule has 1 aromatic carbocycles. The quantitative estimate of drug-likeness (QED) is 0.490. The van der Waals surface area contributed by atoms with Crippen molar-refractivity contribution in [3.63, 3.8) is 0 Å². The van der Waals surface area contributed by atoms with Crippen LogP contribution in [-0.2, 0) is 10.0 Å². The second-order valence-corrected chi connectivity index (χ2v) is 10.5. The fourth-order valence-electron chi connectivity index (χ4n) is 2.67. The van der Waals surface area contributed by atoms with Crippen LogP contribution >= 0.6 is 11.3 Å². The van der Waals surface area contributed by atoms with E-state index in [9.17, 15) is 8.42 Å². The average molecular weight is 466 g/mol. The van der Waals surface area contributed by atoms with Gasteiger partial charge in [0.05, 0.1) is 27.3 Å². The number of rotatable bonds is 6. The summed E-state index contributed by atoms with van der Waals surface area (Å²) < 4.78 is 30.5. The van der Waals surface area contributed by atoms with E-state index in [1.807, 2.05) is 69.5 Å². The Morgan fingerprint density at radius 2 is 1.61 bits per heavy atom. The Morgan fingerprint density at radius 3 is 2.10 bits per heavy atom. The summed E-state index contributed by atoms with van der Waals surface area (Å²) in [6.45, 7) is 7.66. The molecule has 1 fully saturated rings. The van der Waals surface area contributed by atoms with Gasteiger partial charge in [0.15, 0.2) is 0 Å². The van der Waals surface area contributed by atoms with Crippen LogP contribution in [0.15, 0.2) is 41.8 Å². The first-order valence-electron chi connectivity index (χ1n) is 9.74. The van der Waals surface area contributed by atoms with E-state index in [-0.39, 0.29) is 32.2 Å². The summed E-state index contributed by atoms with van der Waals surface area (Å²) in [5, 5.41) is 1.95. The lowest BCUT2D eigenvalue weighted by molar-refractivity contribution is 0.234. The molecule has 31 heavy (non-hydrogen) atoms. The van der Waals surface area contributed by atoms with Crippen LogP contribution in [0, 0.1) is 0 Å². The molecule has 6 nitrogen and oxygen atoms in total. The minimum atomic E-state index is -2.94. The second-order valence-electron chi connectivity index (χ2n) is 7.53. The molecule has 0 unspecified atom stereocenters. The molecule has 0 amide bonds. The van der Waals surface area contributed by atoms with Crippen LogP contribution in [0.5, 0.6) is 5.88 Å². The summed E-state index contributed by atoms with van der Waals surface area (Å²) in [4.78, 5) is 10.4. The minimum Gasteiger partial charge on any atom is -0.473 e. The zero-order valence-corrected chi connectivity index (χ0v) is 18.8. The summed E-state index contributed by atoms with van der Waals surface area (Å²) in [6.07, 6.45) is 1.75. The van der Waals surface area contributed by atoms with Crippen molar-refractivity contribution in [2.24, 2.45) is 0 Å². The molecule has 2 heterocycles. The SMILES string of the molecule is C.C.CC(C)NS(=O)(=O)C1CC1.CC(C)Oc1nc2ccccc2nc1-c1cccs1. The fourth-order valence-corrected chi connectivity index (χ4v) is 4.98. The molecule has 0 saturated heterocycles. The van der Waals surface area contributed by atoms with Crippen LogP contribution in [0.4, 0.5) is 0 Å². The number of para-hydroxylation sites is 2. The van der Waals surface area contributed by atoms with Crippen molar-refractivity contribution in [2.75, 3.05) is 0 Å². The first-order valence-corrected chi connectivity index (χ1v) is 12.2. The zero-order valence-electron chi connectivity index (χ0n) is 17.1. The molecule has 0 spiro atoms. The molecular formula is C23H35N3O3S2. The summed E-state index contributed by atoms with van der Waals surface area (Å²) in [7, 11) is -2.94. The Bertz CT molecular complexity index is 1050. The summed E-state index contributed by atoms with van der Waals surface area (Å²) >= 11 is 1.64. The Hall–Kier alpha value is -2.03. The Kier molecular flexibility index (Phi) is 10.1. The first kappa shape index (κ1) is 27.0. The van der Waals surface area contributed by atoms with Gasteiger partial charge in [0.2, 0.25) is 15.9 Å². The lowest BCUT2D eigenvalue weighted by atomic mass is 10.2. The van der Waals surface area contributed by atoms with E-state index < -0.39 is 10.0 Å². The van der Waals surface area contributed by atoms with E-state index in [0.29, 0.717) is 5.88 Å². The van der Waals surface area contributed by atoms with Gasteiger partial charge in [0.25, 0.3) is 0 Å². The predicted octanol–water partition coefficient (Wildman–Crippen LogP) is 5.89. The highest BCUT2D eigenvalue weighted by molar-refractivity contribution is 7.90. The van der Waals surface area contributed by atoms with Crippen LogP contribution in [0.2, 0.25) is 0 Å². The number of aromatic nitrogens is 2. The number of ether oxygens (including phenoxy) is 1. The highest BCUT2D eigenvalue weighted by Crippen LogP contribution is 2.32. The van der Waals surface area contributed by atoms with Crippen molar-refractivity contribution in [1.82, 2.24) is 14.7 Å². The largest absolute Gasteiger partial charge is 0.473 e. The van der Waals surface area contributed by atoms with Crippen molar-refractivity contribution in [3.05, 3.63) is 41.8 Å². The van der Waals surface area contributed by atoms with Crippen molar-refractivity contribution < 1.29 is 13.2 Å². The van der Waals surface area contributed by atoms with Gasteiger partial charge in [-0.2, -0.15) is 0 Å². The maximum Gasteiger partial charge on any atom is 0.242 e. The predicted molar refractivity (Wildman–Crippen MR) is 132 cm³/mol.